The van der Waals surface area contributed by atoms with Crippen LogP contribution in [-0.2, 0) is 16.0 Å². The van der Waals surface area contributed by atoms with E-state index in [1.807, 2.05) is 13.8 Å². The summed E-state index contributed by atoms with van der Waals surface area (Å²) in [6, 6.07) is 0. The van der Waals surface area contributed by atoms with Gasteiger partial charge in [-0.05, 0) is 38.8 Å². The first-order valence-corrected chi connectivity index (χ1v) is 8.91. The molecule has 25 heavy (non-hydrogen) atoms. The molecule has 0 amide bonds. The molecule has 1 aromatic carbocycles. The van der Waals surface area contributed by atoms with Crippen molar-refractivity contribution in [3.05, 3.63) is 22.3 Å². The van der Waals surface area contributed by atoms with Crippen LogP contribution in [0, 0.1) is 13.8 Å². The van der Waals surface area contributed by atoms with Gasteiger partial charge in [0.15, 0.2) is 0 Å². The number of rotatable bonds is 3. The summed E-state index contributed by atoms with van der Waals surface area (Å²) in [7, 11) is 1.68. The molecule has 2 heterocycles. The van der Waals surface area contributed by atoms with Gasteiger partial charge >= 0.3 is 5.97 Å². The topological polar surface area (TPSA) is 65.0 Å². The molecule has 3 atom stereocenters. The van der Waals surface area contributed by atoms with E-state index in [9.17, 15) is 9.90 Å². The summed E-state index contributed by atoms with van der Waals surface area (Å²) in [5.41, 5.74) is 4.03. The van der Waals surface area contributed by atoms with Crippen molar-refractivity contribution < 1.29 is 24.1 Å². The number of hydrogen-bond donors (Lipinski definition) is 1. The van der Waals surface area contributed by atoms with Gasteiger partial charge in [-0.2, -0.15) is 0 Å². The molecule has 1 fully saturated rings. The van der Waals surface area contributed by atoms with Crippen molar-refractivity contribution in [3.63, 3.8) is 0 Å². The molecule has 0 aliphatic carbocycles. The van der Waals surface area contributed by atoms with Crippen molar-refractivity contribution >= 4 is 5.97 Å². The van der Waals surface area contributed by atoms with Crippen LogP contribution in [0.1, 0.15) is 61.8 Å². The largest absolute Gasteiger partial charge is 0.496 e. The maximum absolute atomic E-state index is 11.8. The molecule has 0 radical (unpaired) electrons. The number of aliphatic hydroxyl groups is 1. The fraction of sp³-hybridized carbons (Fsp3) is 0.650. The fourth-order valence-electron chi connectivity index (χ4n) is 4.27. The molecular formula is C20H28O5. The lowest BCUT2D eigenvalue weighted by Gasteiger charge is -2.32. The molecule has 2 aliphatic rings. The molecule has 5 heteroatoms. The quantitative estimate of drug-likeness (QED) is 0.850. The van der Waals surface area contributed by atoms with E-state index in [1.165, 1.54) is 0 Å². The normalized spacial score (nSPS) is 25.8. The average Bonchev–Trinajstić information content (AvgIpc) is 2.82. The van der Waals surface area contributed by atoms with Gasteiger partial charge in [-0.1, -0.05) is 6.92 Å². The molecule has 5 nitrogen and oxygen atoms in total. The molecule has 3 rings (SSSR count). The zero-order valence-electron chi connectivity index (χ0n) is 15.9. The molecule has 1 aromatic rings. The monoisotopic (exact) mass is 348 g/mol. The Balaban J connectivity index is 2.10. The van der Waals surface area contributed by atoms with Crippen molar-refractivity contribution in [2.75, 3.05) is 7.11 Å². The molecule has 2 aliphatic heterocycles. The van der Waals surface area contributed by atoms with Gasteiger partial charge in [0.2, 0.25) is 0 Å². The van der Waals surface area contributed by atoms with Crippen LogP contribution >= 0.6 is 0 Å². The second kappa shape index (κ2) is 6.20. The van der Waals surface area contributed by atoms with E-state index in [2.05, 4.69) is 20.8 Å². The summed E-state index contributed by atoms with van der Waals surface area (Å²) < 4.78 is 17.5. The van der Waals surface area contributed by atoms with Crippen LogP contribution < -0.4 is 9.47 Å². The number of hydrogen-bond acceptors (Lipinski definition) is 5. The van der Waals surface area contributed by atoms with Crippen molar-refractivity contribution in [2.45, 2.75) is 77.6 Å². The Morgan fingerprint density at radius 2 is 1.96 bits per heavy atom. The molecule has 0 aromatic heterocycles. The van der Waals surface area contributed by atoms with Gasteiger partial charge in [0, 0.05) is 29.9 Å². The van der Waals surface area contributed by atoms with Crippen LogP contribution in [-0.4, -0.2) is 36.0 Å². The van der Waals surface area contributed by atoms with Gasteiger partial charge in [0.05, 0.1) is 19.6 Å². The van der Waals surface area contributed by atoms with Gasteiger partial charge < -0.3 is 19.3 Å². The fourth-order valence-corrected chi connectivity index (χ4v) is 4.27. The van der Waals surface area contributed by atoms with Crippen molar-refractivity contribution in [1.82, 2.24) is 0 Å². The van der Waals surface area contributed by atoms with Gasteiger partial charge in [-0.15, -0.1) is 0 Å². The van der Waals surface area contributed by atoms with E-state index < -0.39 is 6.10 Å². The summed E-state index contributed by atoms with van der Waals surface area (Å²) in [5, 5.41) is 9.98. The summed E-state index contributed by atoms with van der Waals surface area (Å²) in [6.07, 6.45) is 0.324. The van der Waals surface area contributed by atoms with Gasteiger partial charge in [0.25, 0.3) is 0 Å². The van der Waals surface area contributed by atoms with Crippen molar-refractivity contribution in [3.8, 4) is 11.5 Å². The highest BCUT2D eigenvalue weighted by Crippen LogP contribution is 2.49. The number of ether oxygens (including phenoxy) is 3. The minimum atomic E-state index is -0.647. The zero-order chi connectivity index (χ0) is 18.5. The predicted octanol–water partition coefficient (Wildman–Crippen LogP) is 3.20. The number of carbonyl (C=O) groups is 1. The number of aliphatic hydroxyl groups excluding tert-OH is 1. The first kappa shape index (κ1) is 18.1. The number of cyclic esters (lactones) is 1. The van der Waals surface area contributed by atoms with Gasteiger partial charge in [-0.3, -0.25) is 4.79 Å². The molecule has 1 unspecified atom stereocenters. The average molecular weight is 348 g/mol. The number of esters is 1. The Kier molecular flexibility index (Phi) is 4.48. The van der Waals surface area contributed by atoms with E-state index >= 15 is 0 Å². The molecule has 0 spiro atoms. The smallest absolute Gasteiger partial charge is 0.308 e. The standard InChI is InChI=1S/C20H28O5/c1-10-14-9-20(4,5)25-19(14)17(12(3)18(10)23-6)11(2)15-7-13(21)8-16(22)24-15/h11,13,15,21H,7-9H2,1-6H3/t11?,13-,15+/m1/s1. The number of carbonyl (C=O) groups excluding carboxylic acids is 1. The van der Waals surface area contributed by atoms with E-state index in [1.54, 1.807) is 7.11 Å². The Morgan fingerprint density at radius 1 is 1.28 bits per heavy atom. The molecular weight excluding hydrogens is 320 g/mol. The third kappa shape index (κ3) is 3.10. The van der Waals surface area contributed by atoms with E-state index in [-0.39, 0.29) is 30.0 Å². The third-order valence-corrected chi connectivity index (χ3v) is 5.44. The Hall–Kier alpha value is -1.75. The van der Waals surface area contributed by atoms with Crippen LogP contribution in [0.25, 0.3) is 0 Å². The van der Waals surface area contributed by atoms with E-state index in [0.29, 0.717) is 6.42 Å². The molecule has 1 N–H and O–H groups in total. The minimum Gasteiger partial charge on any atom is -0.496 e. The van der Waals surface area contributed by atoms with Crippen LogP contribution in [0.3, 0.4) is 0 Å². The second-order valence-electron chi connectivity index (χ2n) is 7.95. The van der Waals surface area contributed by atoms with Crippen LogP contribution in [0.4, 0.5) is 0 Å². The summed E-state index contributed by atoms with van der Waals surface area (Å²) >= 11 is 0. The predicted molar refractivity (Wildman–Crippen MR) is 94.4 cm³/mol. The minimum absolute atomic E-state index is 0.0705. The zero-order valence-corrected chi connectivity index (χ0v) is 15.9. The maximum Gasteiger partial charge on any atom is 0.308 e. The van der Waals surface area contributed by atoms with E-state index in [4.69, 9.17) is 14.2 Å². The summed E-state index contributed by atoms with van der Waals surface area (Å²) in [4.78, 5) is 11.8. The lowest BCUT2D eigenvalue weighted by molar-refractivity contribution is -0.161. The highest BCUT2D eigenvalue weighted by atomic mass is 16.5. The van der Waals surface area contributed by atoms with E-state index in [0.717, 1.165) is 40.2 Å². The highest BCUT2D eigenvalue weighted by Gasteiger charge is 2.40. The van der Waals surface area contributed by atoms with Crippen molar-refractivity contribution in [2.24, 2.45) is 0 Å². The third-order valence-electron chi connectivity index (χ3n) is 5.44. The van der Waals surface area contributed by atoms with Gasteiger partial charge in [-0.25, -0.2) is 0 Å². The number of methoxy groups -OCH3 is 1. The Bertz CT molecular complexity index is 707. The summed E-state index contributed by atoms with van der Waals surface area (Å²) in [6.45, 7) is 10.3. The second-order valence-corrected chi connectivity index (χ2v) is 7.95. The SMILES string of the molecule is COc1c(C)c2c(c(C(C)[C@@H]3C[C@@H](O)CC(=O)O3)c1C)OC(C)(C)C2. The maximum atomic E-state index is 11.8. The first-order valence-electron chi connectivity index (χ1n) is 8.91. The molecule has 138 valence electrons. The van der Waals surface area contributed by atoms with Gasteiger partial charge in [0.1, 0.15) is 23.2 Å². The number of benzene rings is 1. The molecule has 0 saturated carbocycles. The Labute approximate surface area is 149 Å². The highest BCUT2D eigenvalue weighted by molar-refractivity contribution is 5.71. The van der Waals surface area contributed by atoms with Crippen LogP contribution in [0.2, 0.25) is 0 Å². The summed E-state index contributed by atoms with van der Waals surface area (Å²) in [5.74, 6) is 1.33. The molecule has 1 saturated heterocycles. The molecule has 0 bridgehead atoms. The lowest BCUT2D eigenvalue weighted by atomic mass is 9.83. The Morgan fingerprint density at radius 3 is 2.56 bits per heavy atom. The van der Waals surface area contributed by atoms with Crippen molar-refractivity contribution in [1.29, 1.82) is 0 Å². The lowest BCUT2D eigenvalue weighted by Crippen LogP contribution is -2.36. The van der Waals surface area contributed by atoms with Crippen LogP contribution in [0.15, 0.2) is 0 Å². The number of fused-ring (bicyclic) bond motifs is 1. The first-order chi connectivity index (χ1) is 11.6. The van der Waals surface area contributed by atoms with Crippen LogP contribution in [0.5, 0.6) is 11.5 Å².